The van der Waals surface area contributed by atoms with Crippen molar-refractivity contribution in [2.75, 3.05) is 5.73 Å². The topological polar surface area (TPSA) is 35.2 Å². The van der Waals surface area contributed by atoms with Crippen LogP contribution in [0, 0.1) is 6.92 Å². The largest absolute Gasteiger partial charge is 0.455 e. The molecule has 2 N–H and O–H groups in total. The molecule has 0 amide bonds. The lowest BCUT2D eigenvalue weighted by Crippen LogP contribution is -1.94. The zero-order valence-electron chi connectivity index (χ0n) is 8.91. The molecule has 0 aliphatic rings. The predicted molar refractivity (Wildman–Crippen MR) is 69.8 cm³/mol. The molecule has 0 spiro atoms. The Bertz CT molecular complexity index is 474. The van der Waals surface area contributed by atoms with Crippen LogP contribution in [0.3, 0.4) is 0 Å². The molecule has 0 fully saturated rings. The molecule has 16 heavy (non-hydrogen) atoms. The second-order valence-electron chi connectivity index (χ2n) is 3.55. The number of nitrogen functional groups attached to an aromatic ring is 1. The summed E-state index contributed by atoms with van der Waals surface area (Å²) < 4.78 is 6.77. The van der Waals surface area contributed by atoms with Crippen molar-refractivity contribution in [3.63, 3.8) is 0 Å². The number of aryl methyl sites for hydroxylation is 1. The van der Waals surface area contributed by atoms with Crippen molar-refractivity contribution in [1.82, 2.24) is 0 Å². The quantitative estimate of drug-likeness (QED) is 0.838. The smallest absolute Gasteiger partial charge is 0.153 e. The molecule has 0 atom stereocenters. The van der Waals surface area contributed by atoms with Gasteiger partial charge in [-0.15, -0.1) is 0 Å². The van der Waals surface area contributed by atoms with Crippen molar-refractivity contribution >= 4 is 21.6 Å². The molecule has 0 heterocycles. The van der Waals surface area contributed by atoms with E-state index in [-0.39, 0.29) is 0 Å². The van der Waals surface area contributed by atoms with E-state index in [0.29, 0.717) is 5.69 Å². The third kappa shape index (κ3) is 2.36. The molecule has 0 bridgehead atoms. The summed E-state index contributed by atoms with van der Waals surface area (Å²) in [7, 11) is 0. The van der Waals surface area contributed by atoms with Gasteiger partial charge in [0.25, 0.3) is 0 Å². The second kappa shape index (κ2) is 4.58. The standard InChI is InChI=1S/C13H12BrNO/c1-9-3-2-4-12(15)13(9)16-11-7-5-10(14)6-8-11/h2-8H,15H2,1H3. The van der Waals surface area contributed by atoms with E-state index in [0.717, 1.165) is 21.5 Å². The summed E-state index contributed by atoms with van der Waals surface area (Å²) in [5.74, 6) is 1.51. The minimum Gasteiger partial charge on any atom is -0.455 e. The molecule has 0 saturated heterocycles. The Morgan fingerprint density at radius 2 is 1.75 bits per heavy atom. The maximum Gasteiger partial charge on any atom is 0.153 e. The lowest BCUT2D eigenvalue weighted by atomic mass is 10.2. The van der Waals surface area contributed by atoms with Crippen LogP contribution in [-0.2, 0) is 0 Å². The van der Waals surface area contributed by atoms with Crippen LogP contribution in [0.5, 0.6) is 11.5 Å². The molecule has 3 heteroatoms. The van der Waals surface area contributed by atoms with Gasteiger partial charge in [-0.2, -0.15) is 0 Å². The average molecular weight is 278 g/mol. The highest BCUT2D eigenvalue weighted by Gasteiger charge is 2.04. The normalized spacial score (nSPS) is 10.1. The Labute approximate surface area is 103 Å². The van der Waals surface area contributed by atoms with Gasteiger partial charge in [-0.3, -0.25) is 0 Å². The van der Waals surface area contributed by atoms with Crippen molar-refractivity contribution in [3.05, 3.63) is 52.5 Å². The van der Waals surface area contributed by atoms with Crippen LogP contribution in [0.2, 0.25) is 0 Å². The van der Waals surface area contributed by atoms with Gasteiger partial charge in [0.15, 0.2) is 5.75 Å². The van der Waals surface area contributed by atoms with E-state index in [2.05, 4.69) is 15.9 Å². The van der Waals surface area contributed by atoms with Gasteiger partial charge in [0.2, 0.25) is 0 Å². The molecule has 0 saturated carbocycles. The maximum atomic E-state index is 5.86. The first-order valence-corrected chi connectivity index (χ1v) is 5.74. The highest BCUT2D eigenvalue weighted by atomic mass is 79.9. The van der Waals surface area contributed by atoms with Crippen molar-refractivity contribution in [2.24, 2.45) is 0 Å². The fourth-order valence-corrected chi connectivity index (χ4v) is 1.70. The Hall–Kier alpha value is -1.48. The first-order valence-electron chi connectivity index (χ1n) is 4.95. The highest BCUT2D eigenvalue weighted by Crippen LogP contribution is 2.31. The molecule has 0 unspecified atom stereocenters. The number of rotatable bonds is 2. The summed E-state index contributed by atoms with van der Waals surface area (Å²) in [6, 6.07) is 13.4. The first-order chi connectivity index (χ1) is 7.66. The Balaban J connectivity index is 2.30. The fourth-order valence-electron chi connectivity index (χ4n) is 1.44. The summed E-state index contributed by atoms with van der Waals surface area (Å²) in [5, 5.41) is 0. The number of ether oxygens (including phenoxy) is 1. The van der Waals surface area contributed by atoms with E-state index in [1.807, 2.05) is 49.4 Å². The number of hydrogen-bond acceptors (Lipinski definition) is 2. The molecule has 2 aromatic carbocycles. The zero-order valence-corrected chi connectivity index (χ0v) is 10.5. The minimum absolute atomic E-state index is 0.655. The summed E-state index contributed by atoms with van der Waals surface area (Å²) in [4.78, 5) is 0. The molecular weight excluding hydrogens is 266 g/mol. The third-order valence-electron chi connectivity index (χ3n) is 2.28. The monoisotopic (exact) mass is 277 g/mol. The number of para-hydroxylation sites is 1. The Morgan fingerprint density at radius 3 is 2.38 bits per heavy atom. The fraction of sp³-hybridized carbons (Fsp3) is 0.0769. The van der Waals surface area contributed by atoms with Crippen LogP contribution in [-0.4, -0.2) is 0 Å². The number of hydrogen-bond donors (Lipinski definition) is 1. The maximum absolute atomic E-state index is 5.86. The van der Waals surface area contributed by atoms with Crippen LogP contribution in [0.25, 0.3) is 0 Å². The van der Waals surface area contributed by atoms with Crippen molar-refractivity contribution < 1.29 is 4.74 Å². The van der Waals surface area contributed by atoms with Crippen molar-refractivity contribution in [3.8, 4) is 11.5 Å². The lowest BCUT2D eigenvalue weighted by molar-refractivity contribution is 0.481. The highest BCUT2D eigenvalue weighted by molar-refractivity contribution is 9.10. The van der Waals surface area contributed by atoms with E-state index < -0.39 is 0 Å². The van der Waals surface area contributed by atoms with Crippen LogP contribution >= 0.6 is 15.9 Å². The van der Waals surface area contributed by atoms with Gasteiger partial charge in [0.05, 0.1) is 5.69 Å². The minimum atomic E-state index is 0.655. The van der Waals surface area contributed by atoms with Gasteiger partial charge in [0.1, 0.15) is 5.75 Å². The summed E-state index contributed by atoms with van der Waals surface area (Å²) in [6.07, 6.45) is 0. The molecule has 0 aromatic heterocycles. The number of anilines is 1. The van der Waals surface area contributed by atoms with E-state index >= 15 is 0 Å². The molecule has 2 rings (SSSR count). The Kier molecular flexibility index (Phi) is 3.15. The van der Waals surface area contributed by atoms with Crippen LogP contribution in [0.4, 0.5) is 5.69 Å². The van der Waals surface area contributed by atoms with Gasteiger partial charge in [-0.25, -0.2) is 0 Å². The van der Waals surface area contributed by atoms with E-state index in [1.165, 1.54) is 0 Å². The van der Waals surface area contributed by atoms with Gasteiger partial charge in [-0.05, 0) is 42.8 Å². The predicted octanol–water partition coefficient (Wildman–Crippen LogP) is 4.13. The summed E-state index contributed by atoms with van der Waals surface area (Å²) in [6.45, 7) is 1.98. The number of nitrogens with two attached hydrogens (primary N) is 1. The van der Waals surface area contributed by atoms with Crippen LogP contribution in [0.1, 0.15) is 5.56 Å². The van der Waals surface area contributed by atoms with E-state index in [9.17, 15) is 0 Å². The molecule has 2 nitrogen and oxygen atoms in total. The third-order valence-corrected chi connectivity index (χ3v) is 2.80. The number of halogens is 1. The van der Waals surface area contributed by atoms with E-state index in [4.69, 9.17) is 10.5 Å². The van der Waals surface area contributed by atoms with Gasteiger partial charge >= 0.3 is 0 Å². The Morgan fingerprint density at radius 1 is 1.06 bits per heavy atom. The summed E-state index contributed by atoms with van der Waals surface area (Å²) in [5.41, 5.74) is 7.55. The molecule has 0 radical (unpaired) electrons. The average Bonchev–Trinajstić information content (AvgIpc) is 2.26. The van der Waals surface area contributed by atoms with Crippen molar-refractivity contribution in [2.45, 2.75) is 6.92 Å². The summed E-state index contributed by atoms with van der Waals surface area (Å²) >= 11 is 3.38. The molecular formula is C13H12BrNO. The molecule has 82 valence electrons. The van der Waals surface area contributed by atoms with Gasteiger partial charge in [-0.1, -0.05) is 28.1 Å². The molecule has 0 aliphatic heterocycles. The van der Waals surface area contributed by atoms with Crippen LogP contribution in [0.15, 0.2) is 46.9 Å². The lowest BCUT2D eigenvalue weighted by Gasteiger charge is -2.10. The van der Waals surface area contributed by atoms with Crippen LogP contribution < -0.4 is 10.5 Å². The second-order valence-corrected chi connectivity index (χ2v) is 4.46. The van der Waals surface area contributed by atoms with Gasteiger partial charge in [0, 0.05) is 4.47 Å². The number of benzene rings is 2. The molecule has 2 aromatic rings. The zero-order chi connectivity index (χ0) is 11.5. The molecule has 0 aliphatic carbocycles. The van der Waals surface area contributed by atoms with Crippen molar-refractivity contribution in [1.29, 1.82) is 0 Å². The SMILES string of the molecule is Cc1cccc(N)c1Oc1ccc(Br)cc1. The van der Waals surface area contributed by atoms with Gasteiger partial charge < -0.3 is 10.5 Å². The first kappa shape index (κ1) is 11.0. The van der Waals surface area contributed by atoms with E-state index in [1.54, 1.807) is 0 Å².